The van der Waals surface area contributed by atoms with Crippen molar-refractivity contribution in [1.82, 2.24) is 9.96 Å². The SMILES string of the molecule is CC1C[C@]2(C)CC(=O)[C@H]1C1C(=O)N(OCCCN3CCN(c4ccccc4)CC3)C(=O)C12.Cl.Cl. The van der Waals surface area contributed by atoms with Crippen molar-refractivity contribution in [2.24, 2.45) is 29.1 Å². The molecule has 9 heteroatoms. The third-order valence-corrected chi connectivity index (χ3v) is 8.13. The van der Waals surface area contributed by atoms with Gasteiger partial charge in [0.2, 0.25) is 0 Å². The van der Waals surface area contributed by atoms with Gasteiger partial charge < -0.3 is 4.90 Å². The van der Waals surface area contributed by atoms with Crippen molar-refractivity contribution in [1.29, 1.82) is 0 Å². The lowest BCUT2D eigenvalue weighted by Crippen LogP contribution is -2.56. The number of carbonyl (C=O) groups is 3. The van der Waals surface area contributed by atoms with Gasteiger partial charge in [-0.15, -0.1) is 24.8 Å². The van der Waals surface area contributed by atoms with E-state index in [2.05, 4.69) is 34.1 Å². The third-order valence-electron chi connectivity index (χ3n) is 8.13. The highest BCUT2D eigenvalue weighted by Gasteiger charge is 2.67. The van der Waals surface area contributed by atoms with Crippen LogP contribution in [-0.4, -0.2) is 66.9 Å². The fourth-order valence-electron chi connectivity index (χ4n) is 6.76. The fraction of sp³-hybridized carbons (Fsp3) is 0.640. The first-order valence-electron chi connectivity index (χ1n) is 11.9. The number of rotatable bonds is 6. The zero-order chi connectivity index (χ0) is 22.5. The van der Waals surface area contributed by atoms with Gasteiger partial charge in [0.1, 0.15) is 5.78 Å². The second-order valence-electron chi connectivity index (χ2n) is 10.3. The summed E-state index contributed by atoms with van der Waals surface area (Å²) in [6, 6.07) is 10.5. The summed E-state index contributed by atoms with van der Waals surface area (Å²) in [5.74, 6) is -1.49. The first kappa shape index (κ1) is 26.9. The van der Waals surface area contributed by atoms with E-state index in [1.807, 2.05) is 19.9 Å². The predicted octanol–water partition coefficient (Wildman–Crippen LogP) is 3.21. The third kappa shape index (κ3) is 4.60. The maximum absolute atomic E-state index is 13.1. The van der Waals surface area contributed by atoms with Crippen molar-refractivity contribution >= 4 is 48.1 Å². The summed E-state index contributed by atoms with van der Waals surface area (Å²) >= 11 is 0. The highest BCUT2D eigenvalue weighted by molar-refractivity contribution is 6.08. The summed E-state index contributed by atoms with van der Waals surface area (Å²) in [5.41, 5.74) is 0.845. The lowest BCUT2D eigenvalue weighted by atomic mass is 9.48. The number of Topliss-reactive ketones (excluding diaryl/α,β-unsaturated/α-hetero) is 1. The maximum Gasteiger partial charge on any atom is 0.258 e. The Morgan fingerprint density at radius 2 is 1.65 bits per heavy atom. The lowest BCUT2D eigenvalue weighted by molar-refractivity contribution is -0.190. The first-order valence-corrected chi connectivity index (χ1v) is 11.9. The number of piperazine rings is 1. The van der Waals surface area contributed by atoms with Crippen molar-refractivity contribution in [3.63, 3.8) is 0 Å². The van der Waals surface area contributed by atoms with Crippen LogP contribution >= 0.6 is 24.8 Å². The van der Waals surface area contributed by atoms with E-state index in [1.165, 1.54) is 5.69 Å². The summed E-state index contributed by atoms with van der Waals surface area (Å²) in [5, 5.41) is 1.00. The van der Waals surface area contributed by atoms with Gasteiger partial charge in [-0.3, -0.25) is 24.1 Å². The number of halogens is 2. The van der Waals surface area contributed by atoms with Crippen molar-refractivity contribution in [3.8, 4) is 0 Å². The molecule has 2 aliphatic heterocycles. The Bertz CT molecular complexity index is 909. The number of nitrogens with zero attached hydrogens (tertiary/aromatic N) is 3. The number of imide groups is 1. The average molecular weight is 512 g/mol. The van der Waals surface area contributed by atoms with Gasteiger partial charge in [-0.05, 0) is 36.3 Å². The molecule has 3 unspecified atom stereocenters. The monoisotopic (exact) mass is 511 g/mol. The van der Waals surface area contributed by atoms with Crippen molar-refractivity contribution in [3.05, 3.63) is 30.3 Å². The van der Waals surface area contributed by atoms with Crippen LogP contribution < -0.4 is 4.90 Å². The van der Waals surface area contributed by atoms with Crippen LogP contribution in [0.3, 0.4) is 0 Å². The summed E-state index contributed by atoms with van der Waals surface area (Å²) < 4.78 is 0. The molecule has 3 aliphatic carbocycles. The molecule has 3 saturated carbocycles. The number of amides is 2. The molecule has 5 fully saturated rings. The van der Waals surface area contributed by atoms with Gasteiger partial charge in [-0.2, -0.15) is 5.06 Å². The molecule has 7 nitrogen and oxygen atoms in total. The van der Waals surface area contributed by atoms with E-state index in [9.17, 15) is 14.4 Å². The van der Waals surface area contributed by atoms with E-state index in [4.69, 9.17) is 4.84 Å². The Morgan fingerprint density at radius 1 is 0.971 bits per heavy atom. The van der Waals surface area contributed by atoms with E-state index < -0.39 is 17.3 Å². The molecule has 2 amide bonds. The van der Waals surface area contributed by atoms with E-state index in [1.54, 1.807) is 0 Å². The van der Waals surface area contributed by atoms with Crippen molar-refractivity contribution in [2.45, 2.75) is 33.1 Å². The summed E-state index contributed by atoms with van der Waals surface area (Å²) in [6.07, 6.45) is 1.99. The predicted molar refractivity (Wildman–Crippen MR) is 134 cm³/mol. The first-order chi connectivity index (χ1) is 15.4. The molecule has 0 spiro atoms. The van der Waals surface area contributed by atoms with Crippen LogP contribution in [0.2, 0.25) is 0 Å². The fourth-order valence-corrected chi connectivity index (χ4v) is 6.76. The van der Waals surface area contributed by atoms with E-state index >= 15 is 0 Å². The van der Waals surface area contributed by atoms with E-state index in [0.29, 0.717) is 13.0 Å². The number of fused-ring (bicyclic) bond motifs is 2. The quantitative estimate of drug-likeness (QED) is 0.431. The zero-order valence-corrected chi connectivity index (χ0v) is 21.5. The summed E-state index contributed by atoms with van der Waals surface area (Å²) in [4.78, 5) is 49.2. The Morgan fingerprint density at radius 3 is 2.29 bits per heavy atom. The number of hydroxylamine groups is 2. The second kappa shape index (κ2) is 10.5. The number of carbonyl (C=O) groups excluding carboxylic acids is 3. The normalized spacial score (nSPS) is 32.9. The van der Waals surface area contributed by atoms with Crippen LogP contribution in [0.1, 0.15) is 33.1 Å². The van der Waals surface area contributed by atoms with Crippen LogP contribution in [0.15, 0.2) is 30.3 Å². The minimum Gasteiger partial charge on any atom is -0.369 e. The molecule has 2 bridgehead atoms. The van der Waals surface area contributed by atoms with Gasteiger partial charge in [-0.25, -0.2) is 0 Å². The largest absolute Gasteiger partial charge is 0.369 e. The zero-order valence-electron chi connectivity index (χ0n) is 19.9. The molecule has 0 radical (unpaired) electrons. The van der Waals surface area contributed by atoms with Crippen LogP contribution in [0, 0.1) is 29.1 Å². The Balaban J connectivity index is 0.00000162. The van der Waals surface area contributed by atoms with Gasteiger partial charge in [0, 0.05) is 50.7 Å². The van der Waals surface area contributed by atoms with Crippen LogP contribution in [0.5, 0.6) is 0 Å². The number of anilines is 1. The Kier molecular flexibility index (Phi) is 8.33. The molecule has 0 N–H and O–H groups in total. The molecule has 188 valence electrons. The van der Waals surface area contributed by atoms with Gasteiger partial charge in [-0.1, -0.05) is 32.0 Å². The molecule has 2 heterocycles. The van der Waals surface area contributed by atoms with Gasteiger partial charge in [0.05, 0.1) is 18.4 Å². The molecular weight excluding hydrogens is 477 g/mol. The molecule has 1 aromatic rings. The molecule has 5 atom stereocenters. The number of hydrogen-bond acceptors (Lipinski definition) is 6. The molecule has 2 saturated heterocycles. The minimum atomic E-state index is -0.524. The molecule has 0 aromatic heterocycles. The Labute approximate surface area is 213 Å². The minimum absolute atomic E-state index is 0. The number of ketones is 1. The van der Waals surface area contributed by atoms with Crippen LogP contribution in [0.4, 0.5) is 5.69 Å². The van der Waals surface area contributed by atoms with E-state index in [0.717, 1.165) is 50.6 Å². The molecule has 34 heavy (non-hydrogen) atoms. The highest BCUT2D eigenvalue weighted by atomic mass is 35.5. The van der Waals surface area contributed by atoms with Gasteiger partial charge in [0.15, 0.2) is 0 Å². The van der Waals surface area contributed by atoms with E-state index in [-0.39, 0.29) is 54.2 Å². The van der Waals surface area contributed by atoms with Crippen LogP contribution in [-0.2, 0) is 19.2 Å². The standard InChI is InChI=1S/C25H33N3O4.2ClH/c1-17-15-25(2)16-19(29)20(17)21-22(25)24(31)28(23(21)30)32-14-6-9-26-10-12-27(13-11-26)18-7-4-3-5-8-18;;/h3-5,7-8,17,20-22H,6,9-16H2,1-2H3;2*1H/t17?,20-,21?,22?,25+;;/m0../s1. The molecule has 6 rings (SSSR count). The maximum atomic E-state index is 13.1. The topological polar surface area (TPSA) is 70.2 Å². The number of benzene rings is 1. The highest BCUT2D eigenvalue weighted by Crippen LogP contribution is 2.60. The second-order valence-corrected chi connectivity index (χ2v) is 10.3. The number of hydrogen-bond donors (Lipinski definition) is 0. The summed E-state index contributed by atoms with van der Waals surface area (Å²) in [7, 11) is 0. The average Bonchev–Trinajstić information content (AvgIpc) is 3.03. The summed E-state index contributed by atoms with van der Waals surface area (Å²) in [6.45, 7) is 9.20. The van der Waals surface area contributed by atoms with Crippen molar-refractivity contribution in [2.75, 3.05) is 44.2 Å². The molecule has 1 aromatic carbocycles. The van der Waals surface area contributed by atoms with Gasteiger partial charge >= 0.3 is 0 Å². The molecular formula is C25H35Cl2N3O4. The van der Waals surface area contributed by atoms with Crippen molar-refractivity contribution < 1.29 is 19.2 Å². The Hall–Kier alpha value is -1.67. The molecule has 5 aliphatic rings. The smallest absolute Gasteiger partial charge is 0.258 e. The van der Waals surface area contributed by atoms with Gasteiger partial charge in [0.25, 0.3) is 11.8 Å². The number of para-hydroxylation sites is 1. The van der Waals surface area contributed by atoms with Crippen LogP contribution in [0.25, 0.3) is 0 Å². The lowest BCUT2D eigenvalue weighted by Gasteiger charge is -2.52.